The molecule has 0 aliphatic rings. The summed E-state index contributed by atoms with van der Waals surface area (Å²) >= 11 is 0. The van der Waals surface area contributed by atoms with Crippen LogP contribution in [0, 0.1) is 0 Å². The van der Waals surface area contributed by atoms with Gasteiger partial charge in [-0.15, -0.1) is 0 Å². The van der Waals surface area contributed by atoms with Gasteiger partial charge in [-0.05, 0) is 44.0 Å². The summed E-state index contributed by atoms with van der Waals surface area (Å²) in [6.07, 6.45) is 3.02. The van der Waals surface area contributed by atoms with Gasteiger partial charge in [-0.3, -0.25) is 4.99 Å². The topological polar surface area (TPSA) is 37.4 Å². The van der Waals surface area contributed by atoms with Crippen molar-refractivity contribution in [3.63, 3.8) is 0 Å². The van der Waals surface area contributed by atoms with E-state index in [1.165, 1.54) is 10.9 Å². The zero-order chi connectivity index (χ0) is 12.3. The third kappa shape index (κ3) is 2.67. The number of aromatic amines is 1. The summed E-state index contributed by atoms with van der Waals surface area (Å²) in [6, 6.07) is 6.09. The number of H-pyrrole nitrogens is 1. The zero-order valence-electron chi connectivity index (χ0n) is 10.6. The summed E-state index contributed by atoms with van der Waals surface area (Å²) < 4.78 is 5.25. The SMILES string of the molecule is COc1ccc2[nH]cc(CCN=C(C)C)c2c1. The van der Waals surface area contributed by atoms with Crippen molar-refractivity contribution < 1.29 is 4.74 Å². The van der Waals surface area contributed by atoms with Crippen molar-refractivity contribution >= 4 is 16.6 Å². The van der Waals surface area contributed by atoms with Crippen LogP contribution in [-0.2, 0) is 6.42 Å². The van der Waals surface area contributed by atoms with Gasteiger partial charge in [0.1, 0.15) is 5.75 Å². The summed E-state index contributed by atoms with van der Waals surface area (Å²) in [6.45, 7) is 4.89. The molecule has 90 valence electrons. The number of methoxy groups -OCH3 is 1. The molecule has 0 aliphatic heterocycles. The van der Waals surface area contributed by atoms with Crippen LogP contribution in [0.2, 0.25) is 0 Å². The Morgan fingerprint density at radius 2 is 2.18 bits per heavy atom. The monoisotopic (exact) mass is 230 g/mol. The fourth-order valence-corrected chi connectivity index (χ4v) is 1.89. The van der Waals surface area contributed by atoms with Crippen molar-refractivity contribution in [3.8, 4) is 5.75 Å². The molecule has 0 fully saturated rings. The summed E-state index contributed by atoms with van der Waals surface area (Å²) in [5.41, 5.74) is 3.57. The first-order chi connectivity index (χ1) is 8.20. The summed E-state index contributed by atoms with van der Waals surface area (Å²) in [5, 5.41) is 1.23. The highest BCUT2D eigenvalue weighted by atomic mass is 16.5. The number of benzene rings is 1. The van der Waals surface area contributed by atoms with Crippen molar-refractivity contribution in [1.29, 1.82) is 0 Å². The first kappa shape index (κ1) is 11.7. The number of ether oxygens (including phenoxy) is 1. The normalized spacial score (nSPS) is 10.5. The highest BCUT2D eigenvalue weighted by molar-refractivity contribution is 5.84. The lowest BCUT2D eigenvalue weighted by molar-refractivity contribution is 0.415. The minimum absolute atomic E-state index is 0.840. The molecule has 3 heteroatoms. The molecule has 3 nitrogen and oxygen atoms in total. The highest BCUT2D eigenvalue weighted by Crippen LogP contribution is 2.23. The van der Waals surface area contributed by atoms with Crippen molar-refractivity contribution in [2.75, 3.05) is 13.7 Å². The third-order valence-electron chi connectivity index (χ3n) is 2.78. The maximum absolute atomic E-state index is 5.25. The van der Waals surface area contributed by atoms with Crippen molar-refractivity contribution in [3.05, 3.63) is 30.0 Å². The number of aromatic nitrogens is 1. The first-order valence-corrected chi connectivity index (χ1v) is 5.82. The second kappa shape index (κ2) is 5.04. The van der Waals surface area contributed by atoms with E-state index in [-0.39, 0.29) is 0 Å². The van der Waals surface area contributed by atoms with Gasteiger partial charge in [0.15, 0.2) is 0 Å². The van der Waals surface area contributed by atoms with Crippen LogP contribution in [0.25, 0.3) is 10.9 Å². The summed E-state index contributed by atoms with van der Waals surface area (Å²) in [7, 11) is 1.69. The highest BCUT2D eigenvalue weighted by Gasteiger charge is 2.04. The standard InChI is InChI=1S/C14H18N2O/c1-10(2)15-7-6-11-9-16-14-5-4-12(17-3)8-13(11)14/h4-5,8-9,16H,6-7H2,1-3H3. The zero-order valence-corrected chi connectivity index (χ0v) is 10.6. The van der Waals surface area contributed by atoms with Crippen LogP contribution in [0.3, 0.4) is 0 Å². The molecule has 0 saturated carbocycles. The Morgan fingerprint density at radius 3 is 2.88 bits per heavy atom. The Morgan fingerprint density at radius 1 is 1.35 bits per heavy atom. The Kier molecular flexibility index (Phi) is 3.47. The Balaban J connectivity index is 2.25. The van der Waals surface area contributed by atoms with E-state index >= 15 is 0 Å². The summed E-state index contributed by atoms with van der Waals surface area (Å²) in [5.74, 6) is 0.897. The van der Waals surface area contributed by atoms with Gasteiger partial charge < -0.3 is 9.72 Å². The van der Waals surface area contributed by atoms with E-state index in [9.17, 15) is 0 Å². The molecule has 17 heavy (non-hydrogen) atoms. The van der Waals surface area contributed by atoms with Gasteiger partial charge in [-0.2, -0.15) is 0 Å². The van der Waals surface area contributed by atoms with Crippen molar-refractivity contribution in [1.82, 2.24) is 4.98 Å². The fraction of sp³-hybridized carbons (Fsp3) is 0.357. The molecule has 0 amide bonds. The molecule has 1 heterocycles. The number of hydrogen-bond donors (Lipinski definition) is 1. The Hall–Kier alpha value is -1.77. The van der Waals surface area contributed by atoms with Gasteiger partial charge in [-0.25, -0.2) is 0 Å². The average Bonchev–Trinajstić information content (AvgIpc) is 2.71. The molecule has 0 saturated heterocycles. The predicted molar refractivity (Wildman–Crippen MR) is 72.2 cm³/mol. The maximum atomic E-state index is 5.25. The van der Waals surface area contributed by atoms with Crippen LogP contribution in [0.4, 0.5) is 0 Å². The number of aliphatic imine (C=N–C) groups is 1. The van der Waals surface area contributed by atoms with E-state index in [4.69, 9.17) is 4.74 Å². The molecule has 2 aromatic rings. The van der Waals surface area contributed by atoms with Gasteiger partial charge in [-0.1, -0.05) is 0 Å². The molecule has 0 radical (unpaired) electrons. The molecule has 0 unspecified atom stereocenters. The Labute approximate surface area is 102 Å². The number of fused-ring (bicyclic) bond motifs is 1. The molecule has 2 rings (SSSR count). The van der Waals surface area contributed by atoms with E-state index in [2.05, 4.69) is 22.2 Å². The Bertz CT molecular complexity index is 536. The van der Waals surface area contributed by atoms with E-state index < -0.39 is 0 Å². The van der Waals surface area contributed by atoms with Crippen LogP contribution in [0.15, 0.2) is 29.4 Å². The van der Waals surface area contributed by atoms with E-state index in [0.29, 0.717) is 0 Å². The fourth-order valence-electron chi connectivity index (χ4n) is 1.89. The van der Waals surface area contributed by atoms with Gasteiger partial charge in [0, 0.05) is 29.4 Å². The molecular formula is C14H18N2O. The number of nitrogens with one attached hydrogen (secondary N) is 1. The third-order valence-corrected chi connectivity index (χ3v) is 2.78. The lowest BCUT2D eigenvalue weighted by atomic mass is 10.1. The van der Waals surface area contributed by atoms with E-state index in [0.717, 1.165) is 29.9 Å². The lowest BCUT2D eigenvalue weighted by Crippen LogP contribution is -1.91. The van der Waals surface area contributed by atoms with Crippen LogP contribution in [0.1, 0.15) is 19.4 Å². The predicted octanol–water partition coefficient (Wildman–Crippen LogP) is 3.20. The van der Waals surface area contributed by atoms with Crippen LogP contribution >= 0.6 is 0 Å². The van der Waals surface area contributed by atoms with Gasteiger partial charge >= 0.3 is 0 Å². The van der Waals surface area contributed by atoms with Gasteiger partial charge in [0.2, 0.25) is 0 Å². The minimum Gasteiger partial charge on any atom is -0.497 e. The molecule has 0 aliphatic carbocycles. The van der Waals surface area contributed by atoms with Crippen molar-refractivity contribution in [2.24, 2.45) is 4.99 Å². The smallest absolute Gasteiger partial charge is 0.119 e. The van der Waals surface area contributed by atoms with E-state index in [1.807, 2.05) is 26.0 Å². The molecule has 1 N–H and O–H groups in total. The van der Waals surface area contributed by atoms with E-state index in [1.54, 1.807) is 7.11 Å². The maximum Gasteiger partial charge on any atom is 0.119 e. The largest absolute Gasteiger partial charge is 0.497 e. The lowest BCUT2D eigenvalue weighted by Gasteiger charge is -2.01. The number of nitrogens with zero attached hydrogens (tertiary/aromatic N) is 1. The van der Waals surface area contributed by atoms with Gasteiger partial charge in [0.25, 0.3) is 0 Å². The molecule has 0 atom stereocenters. The minimum atomic E-state index is 0.840. The molecule has 1 aromatic heterocycles. The molecule has 1 aromatic carbocycles. The molecular weight excluding hydrogens is 212 g/mol. The quantitative estimate of drug-likeness (QED) is 0.805. The van der Waals surface area contributed by atoms with Crippen LogP contribution < -0.4 is 4.74 Å². The second-order valence-electron chi connectivity index (χ2n) is 4.30. The molecule has 0 spiro atoms. The molecule has 0 bridgehead atoms. The van der Waals surface area contributed by atoms with Crippen LogP contribution in [-0.4, -0.2) is 24.4 Å². The van der Waals surface area contributed by atoms with Crippen molar-refractivity contribution in [2.45, 2.75) is 20.3 Å². The van der Waals surface area contributed by atoms with Gasteiger partial charge in [0.05, 0.1) is 7.11 Å². The average molecular weight is 230 g/mol. The summed E-state index contributed by atoms with van der Waals surface area (Å²) in [4.78, 5) is 7.69. The van der Waals surface area contributed by atoms with Crippen LogP contribution in [0.5, 0.6) is 5.75 Å². The number of rotatable bonds is 4. The number of hydrogen-bond acceptors (Lipinski definition) is 2. The second-order valence-corrected chi connectivity index (χ2v) is 4.30. The first-order valence-electron chi connectivity index (χ1n) is 5.82.